The van der Waals surface area contributed by atoms with E-state index >= 15 is 0 Å². The molecule has 0 spiro atoms. The molecule has 0 saturated carbocycles. The highest BCUT2D eigenvalue weighted by Crippen LogP contribution is 2.16. The van der Waals surface area contributed by atoms with Gasteiger partial charge >= 0.3 is 5.97 Å². The molecule has 21 heavy (non-hydrogen) atoms. The Morgan fingerprint density at radius 2 is 2.10 bits per heavy atom. The van der Waals surface area contributed by atoms with Gasteiger partial charge in [-0.05, 0) is 19.9 Å². The first kappa shape index (κ1) is 15.1. The average Bonchev–Trinajstić information content (AvgIpc) is 2.97. The third-order valence-electron chi connectivity index (χ3n) is 2.72. The van der Waals surface area contributed by atoms with E-state index in [1.165, 1.54) is 31.8 Å². The summed E-state index contributed by atoms with van der Waals surface area (Å²) in [6.45, 7) is 3.12. The van der Waals surface area contributed by atoms with Crippen LogP contribution in [0.15, 0.2) is 24.7 Å². The Hall–Kier alpha value is -2.29. The first-order valence-electron chi connectivity index (χ1n) is 6.07. The quantitative estimate of drug-likeness (QED) is 0.766. The maximum atomic E-state index is 12.0. The molecule has 0 atom stereocenters. The van der Waals surface area contributed by atoms with Gasteiger partial charge in [0, 0.05) is 6.20 Å². The van der Waals surface area contributed by atoms with Gasteiger partial charge in [0.2, 0.25) is 0 Å². The minimum Gasteiger partial charge on any atom is -0.464 e. The van der Waals surface area contributed by atoms with Crippen LogP contribution in [-0.4, -0.2) is 45.9 Å². The molecule has 0 radical (unpaired) electrons. The Bertz CT molecular complexity index is 767. The SMILES string of the molecule is COC(=O)c1ccnc(-c2cnn(S(=O)(=O)C(C)C)c2)n1. The number of hydrogen-bond donors (Lipinski definition) is 0. The van der Waals surface area contributed by atoms with Crippen molar-refractivity contribution >= 4 is 16.0 Å². The summed E-state index contributed by atoms with van der Waals surface area (Å²) >= 11 is 0. The fourth-order valence-corrected chi connectivity index (χ4v) is 2.36. The molecule has 0 amide bonds. The van der Waals surface area contributed by atoms with Crippen LogP contribution in [-0.2, 0) is 14.8 Å². The summed E-state index contributed by atoms with van der Waals surface area (Å²) in [7, 11) is -2.29. The van der Waals surface area contributed by atoms with Crippen LogP contribution in [0.3, 0.4) is 0 Å². The van der Waals surface area contributed by atoms with Crippen LogP contribution in [0.5, 0.6) is 0 Å². The van der Waals surface area contributed by atoms with E-state index in [-0.39, 0.29) is 11.5 Å². The molecule has 8 nitrogen and oxygen atoms in total. The van der Waals surface area contributed by atoms with E-state index in [2.05, 4.69) is 19.8 Å². The van der Waals surface area contributed by atoms with Crippen molar-refractivity contribution in [3.05, 3.63) is 30.4 Å². The van der Waals surface area contributed by atoms with Crippen molar-refractivity contribution in [3.63, 3.8) is 0 Å². The monoisotopic (exact) mass is 310 g/mol. The standard InChI is InChI=1S/C12H14N4O4S/c1-8(2)21(18,19)16-7-9(6-14-16)11-13-5-4-10(15-11)12(17)20-3/h4-8H,1-3H3. The van der Waals surface area contributed by atoms with E-state index in [0.29, 0.717) is 5.56 Å². The molecule has 0 bridgehead atoms. The summed E-state index contributed by atoms with van der Waals surface area (Å²) in [5, 5.41) is 3.21. The molecule has 2 aromatic heterocycles. The van der Waals surface area contributed by atoms with Crippen LogP contribution in [0.25, 0.3) is 11.4 Å². The highest BCUT2D eigenvalue weighted by atomic mass is 32.2. The van der Waals surface area contributed by atoms with Crippen LogP contribution in [0.1, 0.15) is 24.3 Å². The first-order chi connectivity index (χ1) is 9.86. The van der Waals surface area contributed by atoms with Crippen molar-refractivity contribution in [2.75, 3.05) is 7.11 Å². The average molecular weight is 310 g/mol. The van der Waals surface area contributed by atoms with Crippen molar-refractivity contribution in [2.24, 2.45) is 0 Å². The highest BCUT2D eigenvalue weighted by molar-refractivity contribution is 7.90. The smallest absolute Gasteiger partial charge is 0.356 e. The Kier molecular flexibility index (Phi) is 4.03. The minimum absolute atomic E-state index is 0.0852. The normalized spacial score (nSPS) is 11.6. The van der Waals surface area contributed by atoms with Crippen LogP contribution in [0, 0.1) is 0 Å². The number of nitrogens with zero attached hydrogens (tertiary/aromatic N) is 4. The van der Waals surface area contributed by atoms with Gasteiger partial charge in [0.15, 0.2) is 11.5 Å². The molecular formula is C12H14N4O4S. The summed E-state index contributed by atoms with van der Waals surface area (Å²) in [5.74, 6) is -0.399. The van der Waals surface area contributed by atoms with E-state index in [1.807, 2.05) is 0 Å². The molecular weight excluding hydrogens is 296 g/mol. The van der Waals surface area contributed by atoms with Gasteiger partial charge in [0.05, 0.1) is 30.3 Å². The molecule has 0 aliphatic heterocycles. The number of ether oxygens (including phenoxy) is 1. The Morgan fingerprint density at radius 3 is 2.71 bits per heavy atom. The number of rotatable bonds is 4. The lowest BCUT2D eigenvalue weighted by molar-refractivity contribution is 0.0594. The Labute approximate surface area is 121 Å². The number of esters is 1. The van der Waals surface area contributed by atoms with Crippen molar-refractivity contribution in [3.8, 4) is 11.4 Å². The molecule has 0 fully saturated rings. The summed E-state index contributed by atoms with van der Waals surface area (Å²) in [6.07, 6.45) is 4.03. The van der Waals surface area contributed by atoms with Crippen molar-refractivity contribution < 1.29 is 17.9 Å². The van der Waals surface area contributed by atoms with Crippen LogP contribution in [0.2, 0.25) is 0 Å². The van der Waals surface area contributed by atoms with Crippen molar-refractivity contribution in [1.82, 2.24) is 19.2 Å². The molecule has 2 rings (SSSR count). The number of carbonyl (C=O) groups excluding carboxylic acids is 1. The number of carbonyl (C=O) groups is 1. The molecule has 0 saturated heterocycles. The molecule has 9 heteroatoms. The second-order valence-electron chi connectivity index (χ2n) is 4.45. The van der Waals surface area contributed by atoms with E-state index in [1.54, 1.807) is 13.8 Å². The maximum absolute atomic E-state index is 12.0. The lowest BCUT2D eigenvalue weighted by Gasteiger charge is -2.06. The molecule has 0 aliphatic carbocycles. The van der Waals surface area contributed by atoms with Crippen LogP contribution < -0.4 is 0 Å². The van der Waals surface area contributed by atoms with Gasteiger partial charge in [-0.3, -0.25) is 0 Å². The van der Waals surface area contributed by atoms with E-state index in [9.17, 15) is 13.2 Å². The zero-order chi connectivity index (χ0) is 15.6. The highest BCUT2D eigenvalue weighted by Gasteiger charge is 2.20. The largest absolute Gasteiger partial charge is 0.464 e. The summed E-state index contributed by atoms with van der Waals surface area (Å²) in [5.41, 5.74) is 0.479. The van der Waals surface area contributed by atoms with Gasteiger partial charge in [0.1, 0.15) is 0 Å². The lowest BCUT2D eigenvalue weighted by Crippen LogP contribution is -2.22. The van der Waals surface area contributed by atoms with Crippen molar-refractivity contribution in [1.29, 1.82) is 0 Å². The number of aromatic nitrogens is 4. The van der Waals surface area contributed by atoms with Crippen LogP contribution >= 0.6 is 0 Å². The Balaban J connectivity index is 2.41. The maximum Gasteiger partial charge on any atom is 0.356 e. The zero-order valence-electron chi connectivity index (χ0n) is 11.7. The van der Waals surface area contributed by atoms with E-state index < -0.39 is 21.2 Å². The zero-order valence-corrected chi connectivity index (χ0v) is 12.5. The third kappa shape index (κ3) is 2.92. The summed E-state index contributed by atoms with van der Waals surface area (Å²) in [4.78, 5) is 19.4. The van der Waals surface area contributed by atoms with Gasteiger partial charge in [-0.1, -0.05) is 0 Å². The predicted octanol–water partition coefficient (Wildman–Crippen LogP) is 0.713. The minimum atomic E-state index is -3.54. The van der Waals surface area contributed by atoms with Gasteiger partial charge in [-0.15, -0.1) is 0 Å². The third-order valence-corrected chi connectivity index (χ3v) is 4.64. The molecule has 0 N–H and O–H groups in total. The van der Waals surface area contributed by atoms with Gasteiger partial charge in [0.25, 0.3) is 10.0 Å². The van der Waals surface area contributed by atoms with Gasteiger partial charge in [-0.2, -0.15) is 9.19 Å². The fraction of sp³-hybridized carbons (Fsp3) is 0.333. The molecule has 2 heterocycles. The second-order valence-corrected chi connectivity index (χ2v) is 6.80. The topological polar surface area (TPSA) is 104 Å². The van der Waals surface area contributed by atoms with E-state index in [4.69, 9.17) is 0 Å². The first-order valence-corrected chi connectivity index (χ1v) is 7.57. The lowest BCUT2D eigenvalue weighted by atomic mass is 10.3. The number of methoxy groups -OCH3 is 1. The molecule has 0 unspecified atom stereocenters. The van der Waals surface area contributed by atoms with E-state index in [0.717, 1.165) is 4.09 Å². The van der Waals surface area contributed by atoms with Gasteiger partial charge < -0.3 is 4.74 Å². The molecule has 0 aliphatic rings. The molecule has 112 valence electrons. The Morgan fingerprint density at radius 1 is 1.38 bits per heavy atom. The fourth-order valence-electron chi connectivity index (χ4n) is 1.49. The molecule has 2 aromatic rings. The van der Waals surface area contributed by atoms with Gasteiger partial charge in [-0.25, -0.2) is 23.2 Å². The summed E-state index contributed by atoms with van der Waals surface area (Å²) < 4.78 is 29.4. The number of hydrogen-bond acceptors (Lipinski definition) is 7. The second kappa shape index (κ2) is 5.60. The summed E-state index contributed by atoms with van der Waals surface area (Å²) in [6, 6.07) is 1.41. The predicted molar refractivity (Wildman–Crippen MR) is 74.0 cm³/mol. The van der Waals surface area contributed by atoms with Crippen molar-refractivity contribution in [2.45, 2.75) is 19.1 Å². The van der Waals surface area contributed by atoms with Crippen LogP contribution in [0.4, 0.5) is 0 Å². The molecule has 0 aromatic carbocycles.